The zero-order valence-electron chi connectivity index (χ0n) is 15.0. The minimum atomic E-state index is -4.39. The van der Waals surface area contributed by atoms with Gasteiger partial charge in [-0.25, -0.2) is 4.98 Å². The van der Waals surface area contributed by atoms with Gasteiger partial charge in [-0.2, -0.15) is 13.2 Å². The van der Waals surface area contributed by atoms with E-state index in [0.717, 1.165) is 44.7 Å². The van der Waals surface area contributed by atoms with E-state index < -0.39 is 18.6 Å². The number of imidazole rings is 1. The van der Waals surface area contributed by atoms with Gasteiger partial charge in [0.05, 0.1) is 13.1 Å². The summed E-state index contributed by atoms with van der Waals surface area (Å²) in [5.41, 5.74) is 0.194. The number of alkyl halides is 3. The average Bonchev–Trinajstić information content (AvgIpc) is 3.08. The minimum Gasteiger partial charge on any atom is -0.346 e. The number of hydrogen-bond donors (Lipinski definition) is 2. The molecule has 0 radical (unpaired) electrons. The third-order valence-electron chi connectivity index (χ3n) is 5.51. The molecule has 2 heterocycles. The van der Waals surface area contributed by atoms with Gasteiger partial charge in [-0.1, -0.05) is 0 Å². The summed E-state index contributed by atoms with van der Waals surface area (Å²) in [6.45, 7) is 3.83. The van der Waals surface area contributed by atoms with Crippen LogP contribution in [-0.2, 0) is 17.9 Å². The summed E-state index contributed by atoms with van der Waals surface area (Å²) >= 11 is 0. The number of rotatable bonds is 7. The van der Waals surface area contributed by atoms with Crippen LogP contribution in [-0.4, -0.2) is 58.8 Å². The van der Waals surface area contributed by atoms with Crippen LogP contribution in [0.5, 0.6) is 0 Å². The van der Waals surface area contributed by atoms with Crippen LogP contribution in [0.2, 0.25) is 0 Å². The molecule has 26 heavy (non-hydrogen) atoms. The first kappa shape index (κ1) is 19.2. The van der Waals surface area contributed by atoms with Crippen molar-refractivity contribution in [3.63, 3.8) is 0 Å². The average molecular weight is 373 g/mol. The van der Waals surface area contributed by atoms with Crippen molar-refractivity contribution in [2.75, 3.05) is 26.2 Å². The maximum Gasteiger partial charge on any atom is 0.405 e. The Morgan fingerprint density at radius 3 is 2.85 bits per heavy atom. The molecule has 1 atom stereocenters. The number of halogens is 3. The van der Waals surface area contributed by atoms with Crippen molar-refractivity contribution in [2.24, 2.45) is 5.41 Å². The molecular weight excluding hydrogens is 347 g/mol. The highest BCUT2D eigenvalue weighted by Crippen LogP contribution is 2.55. The summed E-state index contributed by atoms with van der Waals surface area (Å²) in [6.07, 6.45) is 2.28. The van der Waals surface area contributed by atoms with Gasteiger partial charge >= 0.3 is 6.18 Å². The van der Waals surface area contributed by atoms with E-state index in [1.807, 2.05) is 27.9 Å². The van der Waals surface area contributed by atoms with Crippen LogP contribution < -0.4 is 10.6 Å². The summed E-state index contributed by atoms with van der Waals surface area (Å²) in [4.78, 5) is 18.5. The fourth-order valence-electron chi connectivity index (χ4n) is 3.98. The summed E-state index contributed by atoms with van der Waals surface area (Å²) in [5, 5.41) is 5.33. The van der Waals surface area contributed by atoms with Crippen molar-refractivity contribution in [1.29, 1.82) is 0 Å². The first-order chi connectivity index (χ1) is 12.3. The van der Waals surface area contributed by atoms with Crippen molar-refractivity contribution >= 4 is 5.91 Å². The van der Waals surface area contributed by atoms with Crippen molar-refractivity contribution in [3.05, 3.63) is 18.2 Å². The number of aromatic nitrogens is 2. The fourth-order valence-corrected chi connectivity index (χ4v) is 3.98. The zero-order chi connectivity index (χ0) is 18.8. The Hall–Kier alpha value is -1.61. The van der Waals surface area contributed by atoms with Crippen LogP contribution in [0.15, 0.2) is 12.4 Å². The van der Waals surface area contributed by atoms with Crippen LogP contribution in [0.4, 0.5) is 13.2 Å². The number of hydrogen-bond acceptors (Lipinski definition) is 4. The fraction of sp³-hybridized carbons (Fsp3) is 0.765. The largest absolute Gasteiger partial charge is 0.405 e. The van der Waals surface area contributed by atoms with Crippen LogP contribution in [0.25, 0.3) is 0 Å². The number of nitrogens with zero attached hydrogens (tertiary/aromatic N) is 3. The van der Waals surface area contributed by atoms with Gasteiger partial charge in [-0.05, 0) is 44.7 Å². The molecule has 1 amide bonds. The van der Waals surface area contributed by atoms with E-state index in [1.54, 1.807) is 6.20 Å². The highest BCUT2D eigenvalue weighted by molar-refractivity contribution is 5.78. The van der Waals surface area contributed by atoms with Gasteiger partial charge in [-0.3, -0.25) is 9.69 Å². The Morgan fingerprint density at radius 2 is 2.19 bits per heavy atom. The zero-order valence-corrected chi connectivity index (χ0v) is 15.0. The number of carbonyl (C=O) groups excluding carboxylic acids is 1. The SMILES string of the molecule is CCn1ccnc1CN(CC(=O)NCC(F)(F)F)C1CC12CCNCC2. The summed E-state index contributed by atoms with van der Waals surface area (Å²) in [7, 11) is 0. The molecule has 2 N–H and O–H groups in total. The van der Waals surface area contributed by atoms with E-state index in [0.29, 0.717) is 6.54 Å². The molecule has 1 aliphatic carbocycles. The lowest BCUT2D eigenvalue weighted by Crippen LogP contribution is -2.44. The second-order valence-corrected chi connectivity index (χ2v) is 7.26. The molecular formula is C17H26F3N5O. The maximum atomic E-state index is 12.4. The molecule has 146 valence electrons. The predicted octanol–water partition coefficient (Wildman–Crippen LogP) is 1.53. The highest BCUT2D eigenvalue weighted by atomic mass is 19.4. The van der Waals surface area contributed by atoms with Crippen LogP contribution in [0, 0.1) is 5.41 Å². The lowest BCUT2D eigenvalue weighted by Gasteiger charge is -2.29. The lowest BCUT2D eigenvalue weighted by atomic mass is 9.93. The number of aryl methyl sites for hydroxylation is 1. The van der Waals surface area contributed by atoms with E-state index >= 15 is 0 Å². The van der Waals surface area contributed by atoms with E-state index in [-0.39, 0.29) is 18.0 Å². The van der Waals surface area contributed by atoms with E-state index in [2.05, 4.69) is 10.3 Å². The molecule has 6 nitrogen and oxygen atoms in total. The molecule has 1 aliphatic heterocycles. The smallest absolute Gasteiger partial charge is 0.346 e. The molecule has 2 aliphatic rings. The summed E-state index contributed by atoms with van der Waals surface area (Å²) < 4.78 is 39.1. The van der Waals surface area contributed by atoms with Crippen molar-refractivity contribution in [1.82, 2.24) is 25.1 Å². The molecule has 0 bridgehead atoms. The normalized spacial score (nSPS) is 22.0. The molecule has 1 spiro atoms. The van der Waals surface area contributed by atoms with E-state index in [1.165, 1.54) is 0 Å². The first-order valence-corrected chi connectivity index (χ1v) is 9.11. The Balaban J connectivity index is 1.67. The number of nitrogens with one attached hydrogen (secondary N) is 2. The molecule has 3 rings (SSSR count). The highest BCUT2D eigenvalue weighted by Gasteiger charge is 2.56. The molecule has 0 aromatic carbocycles. The van der Waals surface area contributed by atoms with Gasteiger partial charge < -0.3 is 15.2 Å². The van der Waals surface area contributed by atoms with Crippen LogP contribution >= 0.6 is 0 Å². The Morgan fingerprint density at radius 1 is 1.46 bits per heavy atom. The van der Waals surface area contributed by atoms with E-state index in [4.69, 9.17) is 0 Å². The molecule has 2 fully saturated rings. The van der Waals surface area contributed by atoms with Crippen LogP contribution in [0.1, 0.15) is 32.0 Å². The molecule has 1 saturated heterocycles. The molecule has 1 aromatic heterocycles. The van der Waals surface area contributed by atoms with Gasteiger partial charge in [0.1, 0.15) is 12.4 Å². The molecule has 1 saturated carbocycles. The predicted molar refractivity (Wildman–Crippen MR) is 90.3 cm³/mol. The van der Waals surface area contributed by atoms with E-state index in [9.17, 15) is 18.0 Å². The topological polar surface area (TPSA) is 62.2 Å². The van der Waals surface area contributed by atoms with Gasteiger partial charge in [-0.15, -0.1) is 0 Å². The summed E-state index contributed by atoms with van der Waals surface area (Å²) in [6, 6.07) is 0.225. The standard InChI is InChI=1S/C17H26F3N5O/c1-2-24-8-7-22-14(24)10-25(11-15(26)23-12-17(18,19)20)13-9-16(13)3-5-21-6-4-16/h7-8,13,21H,2-6,9-12H2,1H3,(H,23,26). The quantitative estimate of drug-likeness (QED) is 0.761. The maximum absolute atomic E-state index is 12.4. The third kappa shape index (κ3) is 4.56. The van der Waals surface area contributed by atoms with Gasteiger partial charge in [0, 0.05) is 25.0 Å². The number of amides is 1. The van der Waals surface area contributed by atoms with Crippen molar-refractivity contribution in [2.45, 2.75) is 51.5 Å². The lowest BCUT2D eigenvalue weighted by molar-refractivity contribution is -0.139. The van der Waals surface area contributed by atoms with Gasteiger partial charge in [0.25, 0.3) is 0 Å². The molecule has 1 unspecified atom stereocenters. The second-order valence-electron chi connectivity index (χ2n) is 7.26. The first-order valence-electron chi connectivity index (χ1n) is 9.11. The Kier molecular flexibility index (Phi) is 5.57. The third-order valence-corrected chi connectivity index (χ3v) is 5.51. The minimum absolute atomic E-state index is 0.0352. The molecule has 1 aromatic rings. The summed E-state index contributed by atoms with van der Waals surface area (Å²) in [5.74, 6) is 0.250. The van der Waals surface area contributed by atoms with Gasteiger partial charge in [0.15, 0.2) is 0 Å². The number of carbonyl (C=O) groups is 1. The van der Waals surface area contributed by atoms with Gasteiger partial charge in [0.2, 0.25) is 5.91 Å². The molecule has 9 heteroatoms. The monoisotopic (exact) mass is 373 g/mol. The van der Waals surface area contributed by atoms with Crippen LogP contribution in [0.3, 0.4) is 0 Å². The second kappa shape index (κ2) is 7.56. The Bertz CT molecular complexity index is 624. The number of piperidine rings is 1. The van der Waals surface area contributed by atoms with Crippen molar-refractivity contribution < 1.29 is 18.0 Å². The Labute approximate surface area is 151 Å². The van der Waals surface area contributed by atoms with Crippen molar-refractivity contribution in [3.8, 4) is 0 Å².